The average Bonchev–Trinajstić information content (AvgIpc) is 2.13. The first kappa shape index (κ1) is 7.02. The van der Waals surface area contributed by atoms with Gasteiger partial charge in [0.2, 0.25) is 0 Å². The number of ether oxygens (including phenoxy) is 1. The van der Waals surface area contributed by atoms with Gasteiger partial charge in [-0.15, -0.1) is 11.6 Å². The molecule has 0 bridgehead atoms. The smallest absolute Gasteiger partial charge is 0.420 e. The molecule has 1 amide bonds. The highest BCUT2D eigenvalue weighted by atomic mass is 35.5. The third-order valence-corrected chi connectivity index (χ3v) is 1.70. The Morgan fingerprint density at radius 2 is 2.67 bits per heavy atom. The molecule has 0 aromatic rings. The first-order valence-electron chi connectivity index (χ1n) is 2.47. The van der Waals surface area contributed by atoms with Crippen molar-refractivity contribution >= 4 is 30.5 Å². The van der Waals surface area contributed by atoms with Crippen LogP contribution in [0.4, 0.5) is 4.79 Å². The summed E-state index contributed by atoms with van der Waals surface area (Å²) in [4.78, 5) is 10.5. The number of hydrogen-bond acceptors (Lipinski definition) is 3. The molecule has 3 nitrogen and oxygen atoms in total. The zero-order valence-corrected chi connectivity index (χ0v) is 6.23. The van der Waals surface area contributed by atoms with Crippen molar-refractivity contribution in [2.75, 3.05) is 12.4 Å². The van der Waals surface area contributed by atoms with Gasteiger partial charge in [0, 0.05) is 0 Å². The Morgan fingerprint density at radius 1 is 2.00 bits per heavy atom. The van der Waals surface area contributed by atoms with Crippen molar-refractivity contribution in [2.45, 2.75) is 6.10 Å². The van der Waals surface area contributed by atoms with Gasteiger partial charge in [-0.05, 0) is 0 Å². The predicted octanol–water partition coefficient (Wildman–Crippen LogP) is 0.891. The fraction of sp³-hybridized carbons (Fsp3) is 0.750. The zero-order valence-electron chi connectivity index (χ0n) is 4.58. The number of cyclic esters (lactones) is 1. The normalized spacial score (nSPS) is 26.7. The molecule has 0 spiro atoms. The Bertz CT molecular complexity index is 132. The molecule has 0 saturated carbocycles. The van der Waals surface area contributed by atoms with Crippen LogP contribution in [0.5, 0.6) is 0 Å². The molecule has 1 saturated heterocycles. The van der Waals surface area contributed by atoms with Crippen LogP contribution in [-0.2, 0) is 4.74 Å². The van der Waals surface area contributed by atoms with E-state index in [2.05, 4.69) is 12.8 Å². The minimum atomic E-state index is -0.413. The number of thiol groups is 1. The molecule has 0 aromatic carbocycles. The molecular formula is C4H6ClNO2S. The first-order valence-corrected chi connectivity index (χ1v) is 3.40. The van der Waals surface area contributed by atoms with Crippen molar-refractivity contribution < 1.29 is 9.53 Å². The van der Waals surface area contributed by atoms with Crippen molar-refractivity contribution in [3.63, 3.8) is 0 Å². The summed E-state index contributed by atoms with van der Waals surface area (Å²) in [6.07, 6.45) is -0.597. The lowest BCUT2D eigenvalue weighted by atomic mass is 10.4. The number of carbonyl (C=O) groups is 1. The number of nitrogens with zero attached hydrogens (tertiary/aromatic N) is 1. The number of halogens is 1. The van der Waals surface area contributed by atoms with E-state index in [1.165, 1.54) is 4.31 Å². The Morgan fingerprint density at radius 3 is 2.89 bits per heavy atom. The molecule has 9 heavy (non-hydrogen) atoms. The van der Waals surface area contributed by atoms with Gasteiger partial charge < -0.3 is 4.74 Å². The average molecular weight is 168 g/mol. The molecule has 1 unspecified atom stereocenters. The van der Waals surface area contributed by atoms with E-state index in [0.717, 1.165) is 0 Å². The fourth-order valence-corrected chi connectivity index (χ4v) is 0.978. The summed E-state index contributed by atoms with van der Waals surface area (Å²) in [5.41, 5.74) is 0. The summed E-state index contributed by atoms with van der Waals surface area (Å²) in [5.74, 6) is 0.336. The Balaban J connectivity index is 2.44. The van der Waals surface area contributed by atoms with Gasteiger partial charge in [0.25, 0.3) is 0 Å². The van der Waals surface area contributed by atoms with Crippen LogP contribution in [0, 0.1) is 0 Å². The van der Waals surface area contributed by atoms with Crippen molar-refractivity contribution in [3.05, 3.63) is 0 Å². The second kappa shape index (κ2) is 2.66. The second-order valence-corrected chi connectivity index (χ2v) is 2.53. The van der Waals surface area contributed by atoms with Gasteiger partial charge in [0.15, 0.2) is 0 Å². The molecule has 5 heteroatoms. The van der Waals surface area contributed by atoms with E-state index in [1.54, 1.807) is 0 Å². The molecule has 0 N–H and O–H groups in total. The number of carbonyl (C=O) groups excluding carboxylic acids is 1. The van der Waals surface area contributed by atoms with Crippen LogP contribution >= 0.6 is 24.4 Å². The van der Waals surface area contributed by atoms with Crippen molar-refractivity contribution in [1.29, 1.82) is 0 Å². The Labute approximate surface area is 63.5 Å². The molecule has 1 fully saturated rings. The third-order valence-electron chi connectivity index (χ3n) is 1.03. The highest BCUT2D eigenvalue weighted by Gasteiger charge is 2.27. The van der Waals surface area contributed by atoms with E-state index in [9.17, 15) is 4.79 Å². The van der Waals surface area contributed by atoms with Crippen molar-refractivity contribution in [2.24, 2.45) is 0 Å². The van der Waals surface area contributed by atoms with Crippen LogP contribution in [0.25, 0.3) is 0 Å². The van der Waals surface area contributed by atoms with Gasteiger partial charge in [-0.1, -0.05) is 12.8 Å². The molecule has 1 rings (SSSR count). The largest absolute Gasteiger partial charge is 0.442 e. The first-order chi connectivity index (χ1) is 4.24. The molecule has 0 radical (unpaired) electrons. The molecule has 1 aliphatic heterocycles. The van der Waals surface area contributed by atoms with Crippen LogP contribution in [0.3, 0.4) is 0 Å². The standard InChI is InChI=1S/C4H6ClNO2S/c5-1-3-2-6(9)4(7)8-3/h3,9H,1-2H2. The summed E-state index contributed by atoms with van der Waals surface area (Å²) in [6.45, 7) is 0.478. The monoisotopic (exact) mass is 167 g/mol. The van der Waals surface area contributed by atoms with E-state index in [-0.39, 0.29) is 6.10 Å². The van der Waals surface area contributed by atoms with E-state index >= 15 is 0 Å². The topological polar surface area (TPSA) is 29.5 Å². The van der Waals surface area contributed by atoms with E-state index in [4.69, 9.17) is 16.3 Å². The lowest BCUT2D eigenvalue weighted by Gasteiger charge is -1.98. The molecule has 1 aliphatic rings. The van der Waals surface area contributed by atoms with Gasteiger partial charge >= 0.3 is 6.09 Å². The molecule has 0 aliphatic carbocycles. The molecule has 1 heterocycles. The van der Waals surface area contributed by atoms with Gasteiger partial charge in [-0.3, -0.25) is 4.31 Å². The summed E-state index contributed by atoms with van der Waals surface area (Å²) in [6, 6.07) is 0. The van der Waals surface area contributed by atoms with Crippen LogP contribution < -0.4 is 0 Å². The van der Waals surface area contributed by atoms with E-state index in [0.29, 0.717) is 12.4 Å². The zero-order chi connectivity index (χ0) is 6.85. The Hall–Kier alpha value is -0.0900. The minimum absolute atomic E-state index is 0.184. The van der Waals surface area contributed by atoms with E-state index in [1.807, 2.05) is 0 Å². The number of rotatable bonds is 1. The van der Waals surface area contributed by atoms with Crippen molar-refractivity contribution in [1.82, 2.24) is 4.31 Å². The summed E-state index contributed by atoms with van der Waals surface area (Å²) < 4.78 is 5.90. The summed E-state index contributed by atoms with van der Waals surface area (Å²) in [7, 11) is 0. The lowest BCUT2D eigenvalue weighted by Crippen LogP contribution is -2.14. The number of hydrogen-bond donors (Lipinski definition) is 1. The van der Waals surface area contributed by atoms with Crippen LogP contribution in [0.15, 0.2) is 0 Å². The van der Waals surface area contributed by atoms with Gasteiger partial charge in [0.1, 0.15) is 6.10 Å². The lowest BCUT2D eigenvalue weighted by molar-refractivity contribution is 0.146. The summed E-state index contributed by atoms with van der Waals surface area (Å²) in [5, 5.41) is 0. The maximum atomic E-state index is 10.5. The second-order valence-electron chi connectivity index (χ2n) is 1.74. The molecule has 52 valence electrons. The quantitative estimate of drug-likeness (QED) is 0.464. The number of alkyl halides is 1. The van der Waals surface area contributed by atoms with Crippen LogP contribution in [0.1, 0.15) is 0 Å². The van der Waals surface area contributed by atoms with E-state index < -0.39 is 6.09 Å². The Kier molecular flexibility index (Phi) is 2.08. The maximum Gasteiger partial charge on any atom is 0.420 e. The fourth-order valence-electron chi connectivity index (χ4n) is 0.588. The highest BCUT2D eigenvalue weighted by molar-refractivity contribution is 7.78. The minimum Gasteiger partial charge on any atom is -0.442 e. The third kappa shape index (κ3) is 1.43. The summed E-state index contributed by atoms with van der Waals surface area (Å²) >= 11 is 9.20. The SMILES string of the molecule is O=C1OC(CCl)CN1S. The number of amides is 1. The highest BCUT2D eigenvalue weighted by Crippen LogP contribution is 2.13. The van der Waals surface area contributed by atoms with Crippen molar-refractivity contribution in [3.8, 4) is 0 Å². The van der Waals surface area contributed by atoms with Gasteiger partial charge in [-0.2, -0.15) is 0 Å². The predicted molar refractivity (Wildman–Crippen MR) is 36.7 cm³/mol. The molecule has 1 atom stereocenters. The maximum absolute atomic E-state index is 10.5. The molecular weight excluding hydrogens is 162 g/mol. The van der Waals surface area contributed by atoms with Crippen LogP contribution in [0.2, 0.25) is 0 Å². The molecule has 0 aromatic heterocycles. The van der Waals surface area contributed by atoms with Gasteiger partial charge in [-0.25, -0.2) is 4.79 Å². The van der Waals surface area contributed by atoms with Gasteiger partial charge in [0.05, 0.1) is 12.4 Å². The van der Waals surface area contributed by atoms with Crippen LogP contribution in [-0.4, -0.2) is 28.9 Å².